The molecule has 1 heterocycles. The SMILES string of the molecule is CN(Cc1cccnc1)C(=O)C1(C(N)=S)CCCC1. The summed E-state index contributed by atoms with van der Waals surface area (Å²) in [6, 6.07) is 3.82. The zero-order valence-electron chi connectivity index (χ0n) is 11.1. The van der Waals surface area contributed by atoms with Crippen LogP contribution in [0.4, 0.5) is 0 Å². The quantitative estimate of drug-likeness (QED) is 0.854. The van der Waals surface area contributed by atoms with Crippen LogP contribution in [0.1, 0.15) is 31.2 Å². The lowest BCUT2D eigenvalue weighted by Gasteiger charge is -2.31. The average Bonchev–Trinajstić information content (AvgIpc) is 2.89. The Morgan fingerprint density at radius 2 is 2.21 bits per heavy atom. The molecule has 0 aromatic carbocycles. The summed E-state index contributed by atoms with van der Waals surface area (Å²) in [6.45, 7) is 0.539. The third-order valence-corrected chi connectivity index (χ3v) is 4.22. The minimum Gasteiger partial charge on any atom is -0.392 e. The molecule has 0 bridgehead atoms. The number of nitrogens with two attached hydrogens (primary N) is 1. The number of hydrogen-bond acceptors (Lipinski definition) is 3. The number of aromatic nitrogens is 1. The Kier molecular flexibility index (Phi) is 4.14. The molecule has 102 valence electrons. The van der Waals surface area contributed by atoms with E-state index in [9.17, 15) is 4.79 Å². The highest BCUT2D eigenvalue weighted by atomic mass is 32.1. The van der Waals surface area contributed by atoms with Crippen LogP contribution in [0.15, 0.2) is 24.5 Å². The van der Waals surface area contributed by atoms with E-state index in [-0.39, 0.29) is 5.91 Å². The van der Waals surface area contributed by atoms with E-state index in [4.69, 9.17) is 18.0 Å². The molecule has 0 spiro atoms. The molecular formula is C14H19N3OS. The second-order valence-corrected chi connectivity index (χ2v) is 5.62. The van der Waals surface area contributed by atoms with Crippen LogP contribution in [0.25, 0.3) is 0 Å². The molecule has 0 saturated heterocycles. The first-order chi connectivity index (χ1) is 9.06. The zero-order valence-corrected chi connectivity index (χ0v) is 11.9. The summed E-state index contributed by atoms with van der Waals surface area (Å²) in [5.74, 6) is 0.0429. The van der Waals surface area contributed by atoms with Gasteiger partial charge in [0.05, 0.1) is 10.4 Å². The molecule has 1 aliphatic carbocycles. The van der Waals surface area contributed by atoms with E-state index in [1.54, 1.807) is 24.3 Å². The van der Waals surface area contributed by atoms with E-state index in [0.717, 1.165) is 31.2 Å². The Labute approximate surface area is 119 Å². The van der Waals surface area contributed by atoms with Crippen molar-refractivity contribution < 1.29 is 4.79 Å². The number of thiocarbonyl (C=S) groups is 1. The number of pyridine rings is 1. The molecule has 1 fully saturated rings. The summed E-state index contributed by atoms with van der Waals surface area (Å²) in [4.78, 5) is 18.8. The van der Waals surface area contributed by atoms with Crippen LogP contribution in [0.2, 0.25) is 0 Å². The second kappa shape index (κ2) is 5.65. The van der Waals surface area contributed by atoms with Gasteiger partial charge < -0.3 is 10.6 Å². The number of hydrogen-bond donors (Lipinski definition) is 1. The molecule has 19 heavy (non-hydrogen) atoms. The smallest absolute Gasteiger partial charge is 0.235 e. The lowest BCUT2D eigenvalue weighted by Crippen LogP contribution is -2.47. The highest BCUT2D eigenvalue weighted by molar-refractivity contribution is 7.80. The molecule has 0 radical (unpaired) electrons. The summed E-state index contributed by atoms with van der Waals surface area (Å²) in [7, 11) is 1.80. The zero-order chi connectivity index (χ0) is 13.9. The van der Waals surface area contributed by atoms with E-state index in [0.29, 0.717) is 11.5 Å². The molecule has 2 rings (SSSR count). The monoisotopic (exact) mass is 277 g/mol. The van der Waals surface area contributed by atoms with Crippen LogP contribution in [-0.4, -0.2) is 27.8 Å². The first-order valence-corrected chi connectivity index (χ1v) is 6.91. The topological polar surface area (TPSA) is 59.2 Å². The molecule has 1 saturated carbocycles. The largest absolute Gasteiger partial charge is 0.392 e. The van der Waals surface area contributed by atoms with Crippen molar-refractivity contribution in [1.82, 2.24) is 9.88 Å². The third-order valence-electron chi connectivity index (χ3n) is 3.83. The van der Waals surface area contributed by atoms with Gasteiger partial charge in [0.15, 0.2) is 0 Å². The molecule has 0 aliphatic heterocycles. The molecular weight excluding hydrogens is 258 g/mol. The van der Waals surface area contributed by atoms with Crippen LogP contribution in [0.3, 0.4) is 0 Å². The highest BCUT2D eigenvalue weighted by Gasteiger charge is 2.45. The van der Waals surface area contributed by atoms with Crippen LogP contribution in [0.5, 0.6) is 0 Å². The molecule has 2 N–H and O–H groups in total. The molecule has 4 nitrogen and oxygen atoms in total. The van der Waals surface area contributed by atoms with Gasteiger partial charge in [0.25, 0.3) is 0 Å². The van der Waals surface area contributed by atoms with E-state index in [1.807, 2.05) is 12.1 Å². The van der Waals surface area contributed by atoms with Crippen molar-refractivity contribution in [3.8, 4) is 0 Å². The number of rotatable bonds is 4. The Bertz CT molecular complexity index is 469. The number of carbonyl (C=O) groups excluding carboxylic acids is 1. The fourth-order valence-electron chi connectivity index (χ4n) is 2.75. The normalized spacial score (nSPS) is 17.1. The minimum absolute atomic E-state index is 0.0429. The Morgan fingerprint density at radius 3 is 2.74 bits per heavy atom. The third kappa shape index (κ3) is 2.76. The summed E-state index contributed by atoms with van der Waals surface area (Å²) < 4.78 is 0. The average molecular weight is 277 g/mol. The number of carbonyl (C=O) groups is 1. The van der Waals surface area contributed by atoms with Crippen molar-refractivity contribution in [2.24, 2.45) is 11.1 Å². The summed E-state index contributed by atoms with van der Waals surface area (Å²) >= 11 is 5.15. The maximum atomic E-state index is 12.7. The van der Waals surface area contributed by atoms with Crippen LogP contribution >= 0.6 is 12.2 Å². The standard InChI is InChI=1S/C14H19N3OS/c1-17(10-11-5-4-8-16-9-11)13(18)14(12(15)19)6-2-3-7-14/h4-5,8-9H,2-3,6-7,10H2,1H3,(H2,15,19). The Hall–Kier alpha value is -1.49. The fraction of sp³-hybridized carbons (Fsp3) is 0.500. The number of nitrogens with zero attached hydrogens (tertiary/aromatic N) is 2. The van der Waals surface area contributed by atoms with E-state index in [1.165, 1.54) is 0 Å². The van der Waals surface area contributed by atoms with Crippen molar-refractivity contribution in [1.29, 1.82) is 0 Å². The van der Waals surface area contributed by atoms with Crippen molar-refractivity contribution in [3.63, 3.8) is 0 Å². The fourth-order valence-corrected chi connectivity index (χ4v) is 3.04. The van der Waals surface area contributed by atoms with Crippen LogP contribution < -0.4 is 5.73 Å². The summed E-state index contributed by atoms with van der Waals surface area (Å²) in [5, 5.41) is 0. The first kappa shape index (κ1) is 13.9. The van der Waals surface area contributed by atoms with E-state index in [2.05, 4.69) is 4.98 Å². The Morgan fingerprint density at radius 1 is 1.53 bits per heavy atom. The van der Waals surface area contributed by atoms with Gasteiger partial charge in [-0.2, -0.15) is 0 Å². The molecule has 0 atom stereocenters. The lowest BCUT2D eigenvalue weighted by atomic mass is 9.84. The van der Waals surface area contributed by atoms with Gasteiger partial charge in [-0.1, -0.05) is 31.1 Å². The summed E-state index contributed by atoms with van der Waals surface area (Å²) in [5.41, 5.74) is 6.23. The van der Waals surface area contributed by atoms with Gasteiger partial charge in [-0.25, -0.2) is 0 Å². The van der Waals surface area contributed by atoms with Crippen molar-refractivity contribution in [2.45, 2.75) is 32.2 Å². The molecule has 1 aliphatic rings. The van der Waals surface area contributed by atoms with Crippen LogP contribution in [0, 0.1) is 5.41 Å². The molecule has 1 aromatic rings. The first-order valence-electron chi connectivity index (χ1n) is 6.51. The summed E-state index contributed by atoms with van der Waals surface area (Å²) in [6.07, 6.45) is 7.08. The predicted molar refractivity (Wildman–Crippen MR) is 78.4 cm³/mol. The van der Waals surface area contributed by atoms with Gasteiger partial charge in [-0.05, 0) is 24.5 Å². The molecule has 1 aromatic heterocycles. The van der Waals surface area contributed by atoms with Gasteiger partial charge in [0.2, 0.25) is 5.91 Å². The molecule has 5 heteroatoms. The van der Waals surface area contributed by atoms with Gasteiger partial charge in [-0.3, -0.25) is 9.78 Å². The van der Waals surface area contributed by atoms with Crippen molar-refractivity contribution in [2.75, 3.05) is 7.05 Å². The lowest BCUT2D eigenvalue weighted by molar-refractivity contribution is -0.137. The van der Waals surface area contributed by atoms with Crippen molar-refractivity contribution in [3.05, 3.63) is 30.1 Å². The second-order valence-electron chi connectivity index (χ2n) is 5.18. The maximum absolute atomic E-state index is 12.7. The maximum Gasteiger partial charge on any atom is 0.235 e. The predicted octanol–water partition coefficient (Wildman–Crippen LogP) is 1.89. The number of amides is 1. The molecule has 1 amide bonds. The molecule has 0 unspecified atom stereocenters. The van der Waals surface area contributed by atoms with Crippen molar-refractivity contribution >= 4 is 23.1 Å². The minimum atomic E-state index is -0.619. The van der Waals surface area contributed by atoms with E-state index >= 15 is 0 Å². The van der Waals surface area contributed by atoms with Gasteiger partial charge in [0, 0.05) is 26.0 Å². The van der Waals surface area contributed by atoms with Gasteiger partial charge >= 0.3 is 0 Å². The van der Waals surface area contributed by atoms with Gasteiger partial charge in [-0.15, -0.1) is 0 Å². The van der Waals surface area contributed by atoms with Crippen LogP contribution in [-0.2, 0) is 11.3 Å². The highest BCUT2D eigenvalue weighted by Crippen LogP contribution is 2.40. The van der Waals surface area contributed by atoms with E-state index < -0.39 is 5.41 Å². The van der Waals surface area contributed by atoms with Gasteiger partial charge in [0.1, 0.15) is 0 Å². The Balaban J connectivity index is 2.12.